The van der Waals surface area contributed by atoms with Crippen LogP contribution in [0.2, 0.25) is 0 Å². The molecule has 1 N–H and O–H groups in total. The fourth-order valence-corrected chi connectivity index (χ4v) is 2.49. The SMILES string of the molecule is O=C(Nc1ccc2ocnc2c1)C1Cc2ccccc2O1. The summed E-state index contributed by atoms with van der Waals surface area (Å²) >= 11 is 0. The molecule has 4 rings (SSSR count). The van der Waals surface area contributed by atoms with Crippen molar-refractivity contribution >= 4 is 22.7 Å². The Kier molecular flexibility index (Phi) is 2.64. The van der Waals surface area contributed by atoms with Crippen LogP contribution in [0.1, 0.15) is 5.56 Å². The third kappa shape index (κ3) is 2.12. The Balaban J connectivity index is 1.51. The van der Waals surface area contributed by atoms with E-state index in [-0.39, 0.29) is 5.91 Å². The molecule has 1 aliphatic rings. The number of benzene rings is 2. The van der Waals surface area contributed by atoms with Gasteiger partial charge in [-0.05, 0) is 29.8 Å². The molecule has 104 valence electrons. The van der Waals surface area contributed by atoms with Crippen molar-refractivity contribution in [3.05, 3.63) is 54.4 Å². The second-order valence-corrected chi connectivity index (χ2v) is 4.94. The summed E-state index contributed by atoms with van der Waals surface area (Å²) < 4.78 is 10.8. The largest absolute Gasteiger partial charge is 0.480 e. The Morgan fingerprint density at radius 3 is 3.05 bits per heavy atom. The number of nitrogens with one attached hydrogen (secondary N) is 1. The predicted octanol–water partition coefficient (Wildman–Crippen LogP) is 2.77. The van der Waals surface area contributed by atoms with E-state index in [1.807, 2.05) is 24.3 Å². The van der Waals surface area contributed by atoms with Crippen LogP contribution in [0.5, 0.6) is 5.75 Å². The van der Waals surface area contributed by atoms with Gasteiger partial charge in [0.05, 0.1) is 0 Å². The van der Waals surface area contributed by atoms with Gasteiger partial charge in [-0.2, -0.15) is 0 Å². The summed E-state index contributed by atoms with van der Waals surface area (Å²) in [4.78, 5) is 16.3. The molecule has 1 atom stereocenters. The fourth-order valence-electron chi connectivity index (χ4n) is 2.49. The lowest BCUT2D eigenvalue weighted by Crippen LogP contribution is -2.31. The molecule has 0 saturated heterocycles. The first kappa shape index (κ1) is 12.0. The first-order valence-corrected chi connectivity index (χ1v) is 6.68. The van der Waals surface area contributed by atoms with Crippen molar-refractivity contribution < 1.29 is 13.9 Å². The van der Waals surface area contributed by atoms with E-state index in [1.54, 1.807) is 18.2 Å². The molecule has 0 saturated carbocycles. The molecule has 1 aliphatic heterocycles. The Morgan fingerprint density at radius 2 is 2.14 bits per heavy atom. The van der Waals surface area contributed by atoms with Gasteiger partial charge in [0.1, 0.15) is 11.3 Å². The number of oxazole rings is 1. The Morgan fingerprint density at radius 1 is 1.24 bits per heavy atom. The first-order chi connectivity index (χ1) is 10.3. The van der Waals surface area contributed by atoms with Crippen molar-refractivity contribution in [1.82, 2.24) is 4.98 Å². The van der Waals surface area contributed by atoms with Gasteiger partial charge >= 0.3 is 0 Å². The number of amides is 1. The molecule has 0 radical (unpaired) electrons. The quantitative estimate of drug-likeness (QED) is 0.784. The summed E-state index contributed by atoms with van der Waals surface area (Å²) in [6.07, 6.45) is 1.48. The first-order valence-electron chi connectivity index (χ1n) is 6.68. The zero-order valence-corrected chi connectivity index (χ0v) is 11.1. The zero-order chi connectivity index (χ0) is 14.2. The number of carbonyl (C=O) groups is 1. The molecule has 2 heterocycles. The van der Waals surface area contributed by atoms with Crippen LogP contribution in [-0.2, 0) is 11.2 Å². The lowest BCUT2D eigenvalue weighted by Gasteiger charge is -2.11. The van der Waals surface area contributed by atoms with Gasteiger partial charge in [0.15, 0.2) is 18.1 Å². The zero-order valence-electron chi connectivity index (χ0n) is 11.1. The maximum atomic E-state index is 12.3. The molecular weight excluding hydrogens is 268 g/mol. The molecular formula is C16H12N2O3. The van der Waals surface area contributed by atoms with Crippen molar-refractivity contribution in [3.63, 3.8) is 0 Å². The van der Waals surface area contributed by atoms with Gasteiger partial charge in [-0.3, -0.25) is 4.79 Å². The second-order valence-electron chi connectivity index (χ2n) is 4.94. The second kappa shape index (κ2) is 4.63. The van der Waals surface area contributed by atoms with E-state index in [0.29, 0.717) is 23.2 Å². The van der Waals surface area contributed by atoms with Gasteiger partial charge in [0, 0.05) is 12.1 Å². The molecule has 21 heavy (non-hydrogen) atoms. The Bertz CT molecular complexity index is 800. The topological polar surface area (TPSA) is 64.4 Å². The van der Waals surface area contributed by atoms with E-state index in [2.05, 4.69) is 10.3 Å². The molecule has 1 aromatic heterocycles. The van der Waals surface area contributed by atoms with E-state index in [0.717, 1.165) is 11.3 Å². The molecule has 5 heteroatoms. The number of carbonyl (C=O) groups excluding carboxylic acids is 1. The van der Waals surface area contributed by atoms with Crippen LogP contribution in [0.15, 0.2) is 53.3 Å². The molecule has 0 aliphatic carbocycles. The molecule has 3 aromatic rings. The van der Waals surface area contributed by atoms with Gasteiger partial charge in [-0.25, -0.2) is 4.98 Å². The van der Waals surface area contributed by atoms with Gasteiger partial charge in [0.25, 0.3) is 5.91 Å². The van der Waals surface area contributed by atoms with Crippen LogP contribution >= 0.6 is 0 Å². The minimum absolute atomic E-state index is 0.158. The minimum Gasteiger partial charge on any atom is -0.480 e. The fraction of sp³-hybridized carbons (Fsp3) is 0.125. The summed E-state index contributed by atoms with van der Waals surface area (Å²) in [5, 5.41) is 2.86. The highest BCUT2D eigenvalue weighted by Crippen LogP contribution is 2.28. The predicted molar refractivity (Wildman–Crippen MR) is 77.2 cm³/mol. The van der Waals surface area contributed by atoms with Crippen LogP contribution in [-0.4, -0.2) is 17.0 Å². The number of hydrogen-bond acceptors (Lipinski definition) is 4. The lowest BCUT2D eigenvalue weighted by atomic mass is 10.1. The summed E-state index contributed by atoms with van der Waals surface area (Å²) in [5.41, 5.74) is 3.14. The molecule has 0 fully saturated rings. The highest BCUT2D eigenvalue weighted by molar-refractivity contribution is 5.96. The van der Waals surface area contributed by atoms with Crippen molar-refractivity contribution in [2.45, 2.75) is 12.5 Å². The van der Waals surface area contributed by atoms with Crippen LogP contribution < -0.4 is 10.1 Å². The molecule has 0 spiro atoms. The maximum Gasteiger partial charge on any atom is 0.265 e. The number of hydrogen-bond donors (Lipinski definition) is 1. The number of rotatable bonds is 2. The van der Waals surface area contributed by atoms with Crippen molar-refractivity contribution in [1.29, 1.82) is 0 Å². The van der Waals surface area contributed by atoms with Gasteiger partial charge in [0.2, 0.25) is 0 Å². The van der Waals surface area contributed by atoms with Gasteiger partial charge < -0.3 is 14.5 Å². The average molecular weight is 280 g/mol. The number of nitrogens with zero attached hydrogens (tertiary/aromatic N) is 1. The molecule has 1 unspecified atom stereocenters. The van der Waals surface area contributed by atoms with E-state index in [4.69, 9.17) is 9.15 Å². The smallest absolute Gasteiger partial charge is 0.265 e. The van der Waals surface area contributed by atoms with Crippen LogP contribution in [0.3, 0.4) is 0 Å². The number of ether oxygens (including phenoxy) is 1. The number of anilines is 1. The minimum atomic E-state index is -0.490. The van der Waals surface area contributed by atoms with Crippen LogP contribution in [0.4, 0.5) is 5.69 Å². The number of para-hydroxylation sites is 1. The third-order valence-corrected chi connectivity index (χ3v) is 3.54. The summed E-state index contributed by atoms with van der Waals surface area (Å²) in [5.74, 6) is 0.624. The van der Waals surface area contributed by atoms with E-state index >= 15 is 0 Å². The number of fused-ring (bicyclic) bond motifs is 2. The highest BCUT2D eigenvalue weighted by atomic mass is 16.5. The highest BCUT2D eigenvalue weighted by Gasteiger charge is 2.28. The standard InChI is InChI=1S/C16H12N2O3/c19-16(15-7-10-3-1-2-4-13(10)21-15)18-11-5-6-14-12(8-11)17-9-20-14/h1-6,8-9,15H,7H2,(H,18,19). The molecule has 0 bridgehead atoms. The third-order valence-electron chi connectivity index (χ3n) is 3.54. The summed E-state index contributed by atoms with van der Waals surface area (Å²) in [7, 11) is 0. The average Bonchev–Trinajstić information content (AvgIpc) is 3.13. The Labute approximate surface area is 120 Å². The monoisotopic (exact) mass is 280 g/mol. The van der Waals surface area contributed by atoms with Crippen LogP contribution in [0, 0.1) is 0 Å². The summed E-state index contributed by atoms with van der Waals surface area (Å²) in [6, 6.07) is 13.0. The van der Waals surface area contributed by atoms with Crippen molar-refractivity contribution in [2.24, 2.45) is 0 Å². The van der Waals surface area contributed by atoms with E-state index < -0.39 is 6.10 Å². The molecule has 1 amide bonds. The van der Waals surface area contributed by atoms with Gasteiger partial charge in [-0.15, -0.1) is 0 Å². The van der Waals surface area contributed by atoms with Gasteiger partial charge in [-0.1, -0.05) is 18.2 Å². The number of aromatic nitrogens is 1. The molecule has 5 nitrogen and oxygen atoms in total. The Hall–Kier alpha value is -2.82. The molecule has 2 aromatic carbocycles. The lowest BCUT2D eigenvalue weighted by molar-refractivity contribution is -0.122. The normalized spacial score (nSPS) is 16.5. The van der Waals surface area contributed by atoms with Crippen molar-refractivity contribution in [2.75, 3.05) is 5.32 Å². The van der Waals surface area contributed by atoms with E-state index in [9.17, 15) is 4.79 Å². The van der Waals surface area contributed by atoms with E-state index in [1.165, 1.54) is 6.39 Å². The van der Waals surface area contributed by atoms with Crippen LogP contribution in [0.25, 0.3) is 11.1 Å². The summed E-state index contributed by atoms with van der Waals surface area (Å²) in [6.45, 7) is 0. The maximum absolute atomic E-state index is 12.3. The van der Waals surface area contributed by atoms with Crippen molar-refractivity contribution in [3.8, 4) is 5.75 Å².